The van der Waals surface area contributed by atoms with Crippen molar-refractivity contribution in [2.75, 3.05) is 0 Å². The molecule has 0 aliphatic carbocycles. The molecule has 0 radical (unpaired) electrons. The highest BCUT2D eigenvalue weighted by Gasteiger charge is 2.32. The molecule has 28 heavy (non-hydrogen) atoms. The van der Waals surface area contributed by atoms with Crippen LogP contribution in [0.3, 0.4) is 0 Å². The zero-order chi connectivity index (χ0) is 19.9. The fourth-order valence-electron chi connectivity index (χ4n) is 2.74. The van der Waals surface area contributed by atoms with Crippen LogP contribution in [0.15, 0.2) is 72.6 Å². The number of aromatic nitrogens is 1. The van der Waals surface area contributed by atoms with E-state index in [1.807, 2.05) is 0 Å². The number of hydrogen-bond donors (Lipinski definition) is 0. The maximum absolute atomic E-state index is 13.3. The van der Waals surface area contributed by atoms with Crippen LogP contribution in [-0.2, 0) is 23.6 Å². The van der Waals surface area contributed by atoms with Crippen LogP contribution in [-0.4, -0.2) is 23.2 Å². The minimum absolute atomic E-state index is 0.120. The number of carbonyl (C=O) groups is 1. The molecule has 4 aromatic rings. The molecule has 0 atom stereocenters. The Balaban J connectivity index is 1.81. The average Bonchev–Trinajstić information content (AvgIpc) is 3.42. The van der Waals surface area contributed by atoms with Gasteiger partial charge in [0.15, 0.2) is 5.58 Å². The molecule has 1 amide bonds. The molecular weight excluding hydrogens is 404 g/mol. The molecule has 3 aromatic heterocycles. The molecule has 0 saturated carbocycles. The molecule has 10 heteroatoms. The third kappa shape index (κ3) is 3.06. The summed E-state index contributed by atoms with van der Waals surface area (Å²) in [4.78, 5) is 24.7. The van der Waals surface area contributed by atoms with Crippen LogP contribution >= 0.6 is 11.3 Å². The van der Waals surface area contributed by atoms with E-state index < -0.39 is 21.7 Å². The Morgan fingerprint density at radius 2 is 2.04 bits per heavy atom. The zero-order valence-electron chi connectivity index (χ0n) is 14.6. The predicted octanol–water partition coefficient (Wildman–Crippen LogP) is 2.82. The summed E-state index contributed by atoms with van der Waals surface area (Å²) in [5.74, 6) is -0.950. The van der Waals surface area contributed by atoms with Crippen LogP contribution in [0, 0.1) is 0 Å². The smallest absolute Gasteiger partial charge is 0.419 e. The molecule has 0 aliphatic heterocycles. The Morgan fingerprint density at radius 3 is 2.71 bits per heavy atom. The Bertz CT molecular complexity index is 1300. The molecule has 0 saturated heterocycles. The van der Waals surface area contributed by atoms with Crippen molar-refractivity contribution < 1.29 is 22.0 Å². The van der Waals surface area contributed by atoms with Gasteiger partial charge in [-0.3, -0.25) is 9.36 Å². The van der Waals surface area contributed by atoms with Crippen LogP contribution in [0.4, 0.5) is 0 Å². The Hall–Kier alpha value is -3.11. The number of nitrogens with zero attached hydrogens (tertiary/aromatic N) is 2. The second-order valence-electron chi connectivity index (χ2n) is 5.93. The van der Waals surface area contributed by atoms with Gasteiger partial charge in [-0.1, -0.05) is 6.07 Å². The number of aryl methyl sites for hydroxylation is 1. The van der Waals surface area contributed by atoms with E-state index >= 15 is 0 Å². The highest BCUT2D eigenvalue weighted by atomic mass is 32.2. The number of furan rings is 1. The topological polar surface area (TPSA) is 103 Å². The van der Waals surface area contributed by atoms with Gasteiger partial charge in [0.25, 0.3) is 15.9 Å². The van der Waals surface area contributed by atoms with Crippen LogP contribution in [0.25, 0.3) is 11.1 Å². The first-order chi connectivity index (χ1) is 13.4. The highest BCUT2D eigenvalue weighted by Crippen LogP contribution is 2.25. The maximum Gasteiger partial charge on any atom is 0.419 e. The summed E-state index contributed by atoms with van der Waals surface area (Å²) >= 11 is 1.14. The van der Waals surface area contributed by atoms with Crippen LogP contribution in [0.5, 0.6) is 0 Å². The molecule has 0 N–H and O–H groups in total. The standard InChI is InChI=1S/C18H14N2O6S2/c1-19-14-7-6-13(10-15(14)26-18(19)22)28(23,24)20(11-12-4-2-8-25-12)17(21)16-5-3-9-27-16/h2-10H,11H2,1H3. The third-order valence-corrected chi connectivity index (χ3v) is 6.77. The first kappa shape index (κ1) is 18.3. The summed E-state index contributed by atoms with van der Waals surface area (Å²) in [6, 6.07) is 10.5. The van der Waals surface area contributed by atoms with Gasteiger partial charge in [0.1, 0.15) is 5.76 Å². The Kier molecular flexibility index (Phi) is 4.44. The second-order valence-corrected chi connectivity index (χ2v) is 8.74. The van der Waals surface area contributed by atoms with Crippen molar-refractivity contribution in [1.82, 2.24) is 8.87 Å². The van der Waals surface area contributed by atoms with Crippen molar-refractivity contribution in [3.05, 3.63) is 75.3 Å². The number of rotatable bonds is 5. The summed E-state index contributed by atoms with van der Waals surface area (Å²) in [6.45, 7) is -0.261. The Labute approximate surface area is 163 Å². The van der Waals surface area contributed by atoms with Crippen LogP contribution in [0.1, 0.15) is 15.4 Å². The van der Waals surface area contributed by atoms with E-state index in [-0.39, 0.29) is 21.9 Å². The van der Waals surface area contributed by atoms with Gasteiger partial charge < -0.3 is 8.83 Å². The largest absolute Gasteiger partial charge is 0.467 e. The van der Waals surface area contributed by atoms with Crippen LogP contribution < -0.4 is 5.76 Å². The number of thiophene rings is 1. The summed E-state index contributed by atoms with van der Waals surface area (Å²) in [6.07, 6.45) is 1.40. The summed E-state index contributed by atoms with van der Waals surface area (Å²) in [5, 5.41) is 1.69. The lowest BCUT2D eigenvalue weighted by molar-refractivity contribution is 0.0853. The fourth-order valence-corrected chi connectivity index (χ4v) is 4.83. The molecule has 0 bridgehead atoms. The molecule has 144 valence electrons. The second kappa shape index (κ2) is 6.80. The summed E-state index contributed by atoms with van der Waals surface area (Å²) in [5.41, 5.74) is 0.571. The van der Waals surface area contributed by atoms with Gasteiger partial charge in [0.05, 0.1) is 28.1 Å². The van der Waals surface area contributed by atoms with E-state index in [0.29, 0.717) is 11.3 Å². The van der Waals surface area contributed by atoms with E-state index in [2.05, 4.69) is 0 Å². The van der Waals surface area contributed by atoms with Gasteiger partial charge in [0.2, 0.25) is 0 Å². The normalized spacial score (nSPS) is 11.8. The quantitative estimate of drug-likeness (QED) is 0.494. The van der Waals surface area contributed by atoms with Gasteiger partial charge in [-0.15, -0.1) is 11.3 Å². The van der Waals surface area contributed by atoms with Gasteiger partial charge in [-0.2, -0.15) is 0 Å². The SMILES string of the molecule is Cn1c(=O)oc2cc(S(=O)(=O)N(Cc3ccco3)C(=O)c3cccs3)ccc21. The highest BCUT2D eigenvalue weighted by molar-refractivity contribution is 7.89. The molecule has 3 heterocycles. The van der Waals surface area contributed by atoms with Crippen molar-refractivity contribution >= 4 is 38.4 Å². The number of fused-ring (bicyclic) bond motifs is 1. The zero-order valence-corrected chi connectivity index (χ0v) is 16.2. The van der Waals surface area contributed by atoms with Crippen LogP contribution in [0.2, 0.25) is 0 Å². The Morgan fingerprint density at radius 1 is 1.21 bits per heavy atom. The lowest BCUT2D eigenvalue weighted by Crippen LogP contribution is -2.36. The fraction of sp³-hybridized carbons (Fsp3) is 0.111. The average molecular weight is 418 g/mol. The van der Waals surface area contributed by atoms with Crippen molar-refractivity contribution in [2.45, 2.75) is 11.4 Å². The van der Waals surface area contributed by atoms with Gasteiger partial charge in [-0.05, 0) is 35.7 Å². The third-order valence-electron chi connectivity index (χ3n) is 4.19. The van der Waals surface area contributed by atoms with Gasteiger partial charge in [0, 0.05) is 13.1 Å². The number of amides is 1. The molecule has 4 rings (SSSR count). The summed E-state index contributed by atoms with van der Waals surface area (Å²) in [7, 11) is -2.72. The molecule has 8 nitrogen and oxygen atoms in total. The first-order valence-electron chi connectivity index (χ1n) is 8.10. The van der Waals surface area contributed by atoms with E-state index in [1.165, 1.54) is 36.1 Å². The predicted molar refractivity (Wildman–Crippen MR) is 102 cm³/mol. The number of benzene rings is 1. The van der Waals surface area contributed by atoms with E-state index in [1.54, 1.807) is 29.6 Å². The molecule has 0 fully saturated rings. The first-order valence-corrected chi connectivity index (χ1v) is 10.4. The number of sulfonamides is 1. The van der Waals surface area contributed by atoms with E-state index in [4.69, 9.17) is 8.83 Å². The molecule has 0 spiro atoms. The van der Waals surface area contributed by atoms with Crippen molar-refractivity contribution in [2.24, 2.45) is 7.05 Å². The lowest BCUT2D eigenvalue weighted by Gasteiger charge is -2.21. The van der Waals surface area contributed by atoms with E-state index in [0.717, 1.165) is 15.6 Å². The lowest BCUT2D eigenvalue weighted by atomic mass is 10.3. The number of carbonyl (C=O) groups excluding carboxylic acids is 1. The summed E-state index contributed by atoms with van der Waals surface area (Å²) < 4.78 is 38.9. The monoisotopic (exact) mass is 418 g/mol. The molecule has 0 unspecified atom stereocenters. The van der Waals surface area contributed by atoms with Crippen molar-refractivity contribution in [1.29, 1.82) is 0 Å². The van der Waals surface area contributed by atoms with Gasteiger partial charge in [-0.25, -0.2) is 17.5 Å². The molecule has 0 aliphatic rings. The van der Waals surface area contributed by atoms with E-state index in [9.17, 15) is 18.0 Å². The maximum atomic E-state index is 13.3. The van der Waals surface area contributed by atoms with Gasteiger partial charge >= 0.3 is 5.76 Å². The molecular formula is C18H14N2O6S2. The van der Waals surface area contributed by atoms with Crippen molar-refractivity contribution in [3.8, 4) is 0 Å². The van der Waals surface area contributed by atoms with Crippen molar-refractivity contribution in [3.63, 3.8) is 0 Å². The number of oxazole rings is 1. The molecule has 1 aromatic carbocycles. The minimum atomic E-state index is -4.24. The minimum Gasteiger partial charge on any atom is -0.467 e. The number of hydrogen-bond acceptors (Lipinski definition) is 7.